The fourth-order valence-corrected chi connectivity index (χ4v) is 2.51. The maximum absolute atomic E-state index is 12.2. The molecule has 1 heterocycles. The molecule has 0 spiro atoms. The number of rotatable bonds is 11. The first kappa shape index (κ1) is 23.9. The van der Waals surface area contributed by atoms with Crippen LogP contribution in [-0.4, -0.2) is 43.0 Å². The van der Waals surface area contributed by atoms with Crippen LogP contribution in [0.2, 0.25) is 0 Å². The quantitative estimate of drug-likeness (QED) is 0.155. The van der Waals surface area contributed by atoms with Gasteiger partial charge in [0.25, 0.3) is 0 Å². The fourth-order valence-electron chi connectivity index (χ4n) is 2.51. The van der Waals surface area contributed by atoms with Crippen LogP contribution in [0, 0.1) is 0 Å². The van der Waals surface area contributed by atoms with E-state index in [-0.39, 0.29) is 24.0 Å². The lowest BCUT2D eigenvalue weighted by Gasteiger charge is -2.12. The second kappa shape index (κ2) is 12.3. The van der Waals surface area contributed by atoms with Gasteiger partial charge in [-0.25, -0.2) is 9.78 Å². The molecule has 1 amide bonds. The van der Waals surface area contributed by atoms with Gasteiger partial charge in [0.05, 0.1) is 6.54 Å². The lowest BCUT2D eigenvalue weighted by Crippen LogP contribution is -2.34. The van der Waals surface area contributed by atoms with Gasteiger partial charge in [-0.3, -0.25) is 4.79 Å². The Hall–Kier alpha value is -3.41. The van der Waals surface area contributed by atoms with Crippen LogP contribution in [0.15, 0.2) is 46.6 Å². The standard InChI is InChI=1S/C20H28N8O3/c1-24-12-18(29)25-17-10-9-15(19(23)26-17)28-27-14-7-2-3-8-16(14)31-20(30)13(22)6-4-5-11-21/h2-3,7-10,13,24H,4-6,11-12,21-22H2,1H3,(H3,23,25,26,29)/b28-27+/t13-/m0/s1. The van der Waals surface area contributed by atoms with Crippen molar-refractivity contribution in [3.05, 3.63) is 36.4 Å². The number of pyridine rings is 1. The number of nitrogen functional groups attached to an aromatic ring is 1. The third-order valence-electron chi connectivity index (χ3n) is 4.12. The summed E-state index contributed by atoms with van der Waals surface area (Å²) in [4.78, 5) is 27.9. The van der Waals surface area contributed by atoms with Gasteiger partial charge in [0, 0.05) is 0 Å². The molecule has 31 heavy (non-hydrogen) atoms. The molecule has 0 fully saturated rings. The largest absolute Gasteiger partial charge is 0.423 e. The average molecular weight is 428 g/mol. The van der Waals surface area contributed by atoms with Crippen LogP contribution in [-0.2, 0) is 9.59 Å². The Morgan fingerprint density at radius 1 is 1.13 bits per heavy atom. The maximum Gasteiger partial charge on any atom is 0.328 e. The molecule has 1 aromatic carbocycles. The summed E-state index contributed by atoms with van der Waals surface area (Å²) < 4.78 is 5.39. The van der Waals surface area contributed by atoms with Gasteiger partial charge in [-0.15, -0.1) is 10.2 Å². The maximum atomic E-state index is 12.2. The molecular formula is C20H28N8O3. The van der Waals surface area contributed by atoms with Crippen LogP contribution >= 0.6 is 0 Å². The smallest absolute Gasteiger partial charge is 0.328 e. The Morgan fingerprint density at radius 3 is 2.58 bits per heavy atom. The molecular weight excluding hydrogens is 400 g/mol. The Kier molecular flexibility index (Phi) is 9.49. The zero-order chi connectivity index (χ0) is 22.6. The summed E-state index contributed by atoms with van der Waals surface area (Å²) in [5.41, 5.74) is 17.9. The number of para-hydroxylation sites is 1. The van der Waals surface area contributed by atoms with Crippen molar-refractivity contribution in [1.82, 2.24) is 10.3 Å². The number of esters is 1. The number of azo groups is 1. The highest BCUT2D eigenvalue weighted by atomic mass is 16.5. The number of aromatic nitrogens is 1. The molecule has 8 N–H and O–H groups in total. The SMILES string of the molecule is CNCC(=O)Nc1ccc(/N=N/c2ccccc2OC(=O)[C@@H](N)CCCCN)c(N)n1. The van der Waals surface area contributed by atoms with E-state index in [0.717, 1.165) is 12.8 Å². The van der Waals surface area contributed by atoms with Gasteiger partial charge in [0.1, 0.15) is 23.2 Å². The van der Waals surface area contributed by atoms with Crippen LogP contribution in [0.1, 0.15) is 19.3 Å². The van der Waals surface area contributed by atoms with Gasteiger partial charge in [-0.1, -0.05) is 18.6 Å². The molecule has 1 atom stereocenters. The van der Waals surface area contributed by atoms with Crippen molar-refractivity contribution >= 4 is 34.9 Å². The summed E-state index contributed by atoms with van der Waals surface area (Å²) in [6.45, 7) is 0.696. The van der Waals surface area contributed by atoms with E-state index in [2.05, 4.69) is 25.8 Å². The zero-order valence-electron chi connectivity index (χ0n) is 17.4. The third kappa shape index (κ3) is 7.74. The Balaban J connectivity index is 2.08. The Bertz CT molecular complexity index is 919. The van der Waals surface area contributed by atoms with Gasteiger partial charge in [0.2, 0.25) is 5.91 Å². The predicted molar refractivity (Wildman–Crippen MR) is 118 cm³/mol. The Morgan fingerprint density at radius 2 is 1.87 bits per heavy atom. The molecule has 2 rings (SSSR count). The van der Waals surface area contributed by atoms with E-state index in [0.29, 0.717) is 30.2 Å². The predicted octanol–water partition coefficient (Wildman–Crippen LogP) is 1.60. The molecule has 0 saturated heterocycles. The van der Waals surface area contributed by atoms with Gasteiger partial charge in [0.15, 0.2) is 11.6 Å². The number of hydrogen-bond donors (Lipinski definition) is 5. The third-order valence-corrected chi connectivity index (χ3v) is 4.12. The number of nitrogens with one attached hydrogen (secondary N) is 2. The minimum absolute atomic E-state index is 0.0856. The molecule has 0 aliphatic carbocycles. The van der Waals surface area contributed by atoms with Crippen molar-refractivity contribution in [2.45, 2.75) is 25.3 Å². The summed E-state index contributed by atoms with van der Waals surface area (Å²) in [5, 5.41) is 13.5. The van der Waals surface area contributed by atoms with Gasteiger partial charge < -0.3 is 32.6 Å². The number of anilines is 2. The van der Waals surface area contributed by atoms with Gasteiger partial charge in [-0.2, -0.15) is 0 Å². The molecule has 2 aromatic rings. The average Bonchev–Trinajstić information content (AvgIpc) is 2.74. The molecule has 11 nitrogen and oxygen atoms in total. The van der Waals surface area contributed by atoms with Gasteiger partial charge in [-0.05, 0) is 50.7 Å². The monoisotopic (exact) mass is 428 g/mol. The van der Waals surface area contributed by atoms with E-state index in [9.17, 15) is 9.59 Å². The van der Waals surface area contributed by atoms with E-state index >= 15 is 0 Å². The number of nitrogens with two attached hydrogens (primary N) is 3. The number of amides is 1. The molecule has 0 radical (unpaired) electrons. The lowest BCUT2D eigenvalue weighted by molar-refractivity contribution is -0.136. The fraction of sp³-hybridized carbons (Fsp3) is 0.350. The van der Waals surface area contributed by atoms with Crippen molar-refractivity contribution in [1.29, 1.82) is 0 Å². The molecule has 1 aromatic heterocycles. The summed E-state index contributed by atoms with van der Waals surface area (Å²) in [5.74, 6) is -0.187. The van der Waals surface area contributed by atoms with Crippen LogP contribution in [0.3, 0.4) is 0 Å². The Labute approximate surface area is 180 Å². The topological polar surface area (TPSA) is 183 Å². The van der Waals surface area contributed by atoms with Crippen molar-refractivity contribution in [2.75, 3.05) is 31.2 Å². The summed E-state index contributed by atoms with van der Waals surface area (Å²) in [7, 11) is 1.66. The molecule has 166 valence electrons. The van der Waals surface area contributed by atoms with E-state index in [1.54, 1.807) is 43.4 Å². The van der Waals surface area contributed by atoms with Crippen LogP contribution < -0.4 is 32.6 Å². The first-order chi connectivity index (χ1) is 14.9. The number of likely N-dealkylation sites (N-methyl/N-ethyl adjacent to an activating group) is 1. The van der Waals surface area contributed by atoms with Crippen molar-refractivity contribution in [3.63, 3.8) is 0 Å². The summed E-state index contributed by atoms with van der Waals surface area (Å²) in [6.07, 6.45) is 2.02. The first-order valence-corrected chi connectivity index (χ1v) is 9.83. The van der Waals surface area contributed by atoms with E-state index < -0.39 is 12.0 Å². The highest BCUT2D eigenvalue weighted by Gasteiger charge is 2.17. The first-order valence-electron chi connectivity index (χ1n) is 9.83. The van der Waals surface area contributed by atoms with Crippen molar-refractivity contribution in [2.24, 2.45) is 21.7 Å². The molecule has 0 aliphatic rings. The van der Waals surface area contributed by atoms with Crippen LogP contribution in [0.4, 0.5) is 23.0 Å². The summed E-state index contributed by atoms with van der Waals surface area (Å²) >= 11 is 0. The van der Waals surface area contributed by atoms with E-state index in [1.165, 1.54) is 0 Å². The number of carbonyl (C=O) groups is 2. The van der Waals surface area contributed by atoms with E-state index in [1.807, 2.05) is 0 Å². The zero-order valence-corrected chi connectivity index (χ0v) is 17.4. The minimum atomic E-state index is -0.748. The second-order valence-electron chi connectivity index (χ2n) is 6.66. The number of carbonyl (C=O) groups excluding carboxylic acids is 2. The van der Waals surface area contributed by atoms with Crippen molar-refractivity contribution < 1.29 is 14.3 Å². The van der Waals surface area contributed by atoms with Crippen LogP contribution in [0.25, 0.3) is 0 Å². The second-order valence-corrected chi connectivity index (χ2v) is 6.66. The number of nitrogens with zero attached hydrogens (tertiary/aromatic N) is 3. The molecule has 0 unspecified atom stereocenters. The van der Waals surface area contributed by atoms with E-state index in [4.69, 9.17) is 21.9 Å². The number of unbranched alkanes of at least 4 members (excludes halogenated alkanes) is 1. The molecule has 11 heteroatoms. The molecule has 0 aliphatic heterocycles. The number of ether oxygens (including phenoxy) is 1. The molecule has 0 bridgehead atoms. The number of hydrogen-bond acceptors (Lipinski definition) is 10. The van der Waals surface area contributed by atoms with Gasteiger partial charge >= 0.3 is 5.97 Å². The lowest BCUT2D eigenvalue weighted by atomic mass is 10.1. The molecule has 0 saturated carbocycles. The highest BCUT2D eigenvalue weighted by Crippen LogP contribution is 2.30. The summed E-state index contributed by atoms with van der Waals surface area (Å²) in [6, 6.07) is 9.06. The number of benzene rings is 1. The van der Waals surface area contributed by atoms with Crippen LogP contribution in [0.5, 0.6) is 5.75 Å². The van der Waals surface area contributed by atoms with Crippen molar-refractivity contribution in [3.8, 4) is 5.75 Å². The highest BCUT2D eigenvalue weighted by molar-refractivity contribution is 5.91. The minimum Gasteiger partial charge on any atom is -0.423 e. The normalized spacial score (nSPS) is 12.0.